The summed E-state index contributed by atoms with van der Waals surface area (Å²) in [5.41, 5.74) is 1.29. The zero-order valence-corrected chi connectivity index (χ0v) is 15.5. The highest BCUT2D eigenvalue weighted by molar-refractivity contribution is 6.02. The van der Waals surface area contributed by atoms with Gasteiger partial charge in [-0.25, -0.2) is 0 Å². The number of hydrogen-bond donors (Lipinski definition) is 0. The van der Waals surface area contributed by atoms with Gasteiger partial charge in [-0.15, -0.1) is 0 Å². The van der Waals surface area contributed by atoms with Crippen LogP contribution in [0.1, 0.15) is 32.8 Å². The Balaban J connectivity index is 1.70. The Hall–Kier alpha value is -1.90. The van der Waals surface area contributed by atoms with Gasteiger partial charge in [0.15, 0.2) is 0 Å². The van der Waals surface area contributed by atoms with Crippen molar-refractivity contribution in [3.05, 3.63) is 60.2 Å². The predicted molar refractivity (Wildman–Crippen MR) is 106 cm³/mol. The minimum absolute atomic E-state index is 0.297. The van der Waals surface area contributed by atoms with E-state index in [9.17, 15) is 0 Å². The van der Waals surface area contributed by atoms with Crippen molar-refractivity contribution in [3.8, 4) is 0 Å². The summed E-state index contributed by atoms with van der Waals surface area (Å²) in [5, 5.41) is 5.13. The average molecular weight is 336 g/mol. The van der Waals surface area contributed by atoms with Gasteiger partial charge in [0.2, 0.25) is 0 Å². The van der Waals surface area contributed by atoms with Gasteiger partial charge in [0.05, 0.1) is 12.7 Å². The van der Waals surface area contributed by atoms with Crippen molar-refractivity contribution < 1.29 is 9.47 Å². The van der Waals surface area contributed by atoms with E-state index in [2.05, 4.69) is 75.4 Å². The lowest BCUT2D eigenvalue weighted by Gasteiger charge is -2.15. The third-order valence-corrected chi connectivity index (χ3v) is 4.60. The molecule has 0 fully saturated rings. The second-order valence-corrected chi connectivity index (χ2v) is 7.13. The van der Waals surface area contributed by atoms with Crippen molar-refractivity contribution in [1.82, 2.24) is 0 Å². The first-order chi connectivity index (χ1) is 12.1. The van der Waals surface area contributed by atoms with Crippen LogP contribution in [0.5, 0.6) is 0 Å². The summed E-state index contributed by atoms with van der Waals surface area (Å²) in [7, 11) is 0. The lowest BCUT2D eigenvalue weighted by Crippen LogP contribution is -2.13. The molecule has 132 valence electrons. The summed E-state index contributed by atoms with van der Waals surface area (Å²) in [5.74, 6) is 0.520. The molecule has 2 heteroatoms. The Labute approximate surface area is 150 Å². The third-order valence-electron chi connectivity index (χ3n) is 4.60. The van der Waals surface area contributed by atoms with E-state index < -0.39 is 0 Å². The van der Waals surface area contributed by atoms with Crippen molar-refractivity contribution in [3.63, 3.8) is 0 Å². The van der Waals surface area contributed by atoms with Crippen LogP contribution in [0.4, 0.5) is 0 Å². The molecule has 0 aliphatic rings. The van der Waals surface area contributed by atoms with E-state index in [-0.39, 0.29) is 0 Å². The third kappa shape index (κ3) is 4.59. The lowest BCUT2D eigenvalue weighted by atomic mass is 9.97. The van der Waals surface area contributed by atoms with Gasteiger partial charge in [-0.1, -0.05) is 55.5 Å². The number of benzene rings is 3. The molecule has 0 heterocycles. The summed E-state index contributed by atoms with van der Waals surface area (Å²) >= 11 is 0. The van der Waals surface area contributed by atoms with Crippen molar-refractivity contribution >= 4 is 21.5 Å². The Morgan fingerprint density at radius 1 is 0.840 bits per heavy atom. The van der Waals surface area contributed by atoms with Crippen LogP contribution in [0.3, 0.4) is 0 Å². The molecular weight excluding hydrogens is 308 g/mol. The Morgan fingerprint density at radius 3 is 2.04 bits per heavy atom. The van der Waals surface area contributed by atoms with E-state index in [1.807, 2.05) is 0 Å². The van der Waals surface area contributed by atoms with E-state index in [4.69, 9.17) is 9.47 Å². The number of fused-ring (bicyclic) bond motifs is 2. The van der Waals surface area contributed by atoms with Gasteiger partial charge in [-0.2, -0.15) is 0 Å². The van der Waals surface area contributed by atoms with Gasteiger partial charge < -0.3 is 9.47 Å². The van der Waals surface area contributed by atoms with Gasteiger partial charge in [-0.3, -0.25) is 0 Å². The first-order valence-electron chi connectivity index (χ1n) is 9.24. The quantitative estimate of drug-likeness (QED) is 0.373. The molecule has 0 spiro atoms. The molecule has 0 aliphatic heterocycles. The van der Waals surface area contributed by atoms with E-state index in [0.29, 0.717) is 18.6 Å². The van der Waals surface area contributed by atoms with Crippen molar-refractivity contribution in [2.75, 3.05) is 13.2 Å². The fourth-order valence-electron chi connectivity index (χ4n) is 3.16. The molecule has 0 saturated carbocycles. The SMILES string of the molecule is CC(CCOCc1c2ccccc2cc2ccccc12)COC(C)C. The molecule has 0 aromatic heterocycles. The maximum atomic E-state index is 6.06. The molecule has 0 aliphatic carbocycles. The van der Waals surface area contributed by atoms with Crippen LogP contribution in [-0.2, 0) is 16.1 Å². The molecule has 0 saturated heterocycles. The maximum absolute atomic E-state index is 6.06. The Bertz CT molecular complexity index is 769. The van der Waals surface area contributed by atoms with Crippen LogP contribution in [0.2, 0.25) is 0 Å². The Morgan fingerprint density at radius 2 is 1.44 bits per heavy atom. The summed E-state index contributed by atoms with van der Waals surface area (Å²) in [4.78, 5) is 0. The normalized spacial score (nSPS) is 13.0. The molecule has 1 atom stereocenters. The molecule has 0 radical (unpaired) electrons. The average Bonchev–Trinajstić information content (AvgIpc) is 2.62. The molecule has 0 N–H and O–H groups in total. The van der Waals surface area contributed by atoms with Crippen LogP contribution < -0.4 is 0 Å². The molecule has 3 rings (SSSR count). The highest BCUT2D eigenvalue weighted by atomic mass is 16.5. The summed E-state index contributed by atoms with van der Waals surface area (Å²) < 4.78 is 11.7. The van der Waals surface area contributed by atoms with Gasteiger partial charge in [-0.05, 0) is 59.4 Å². The van der Waals surface area contributed by atoms with E-state index in [1.165, 1.54) is 27.1 Å². The van der Waals surface area contributed by atoms with E-state index in [0.717, 1.165) is 19.6 Å². The number of rotatable bonds is 8. The van der Waals surface area contributed by atoms with Gasteiger partial charge in [0.1, 0.15) is 0 Å². The topological polar surface area (TPSA) is 18.5 Å². The van der Waals surface area contributed by atoms with Gasteiger partial charge >= 0.3 is 0 Å². The monoisotopic (exact) mass is 336 g/mol. The first kappa shape index (κ1) is 17.9. The molecule has 2 nitrogen and oxygen atoms in total. The van der Waals surface area contributed by atoms with Crippen LogP contribution in [0, 0.1) is 5.92 Å². The summed E-state index contributed by atoms with van der Waals surface area (Å²) in [6.07, 6.45) is 1.32. The van der Waals surface area contributed by atoms with Gasteiger partial charge in [0, 0.05) is 13.2 Å². The summed E-state index contributed by atoms with van der Waals surface area (Å²) in [6, 6.07) is 19.4. The van der Waals surface area contributed by atoms with Crippen LogP contribution in [-0.4, -0.2) is 19.3 Å². The zero-order valence-electron chi connectivity index (χ0n) is 15.5. The minimum atomic E-state index is 0.297. The molecule has 0 bridgehead atoms. The largest absolute Gasteiger partial charge is 0.379 e. The van der Waals surface area contributed by atoms with E-state index >= 15 is 0 Å². The first-order valence-corrected chi connectivity index (χ1v) is 9.24. The van der Waals surface area contributed by atoms with Crippen LogP contribution >= 0.6 is 0 Å². The molecule has 0 amide bonds. The molecule has 25 heavy (non-hydrogen) atoms. The molecule has 3 aromatic rings. The van der Waals surface area contributed by atoms with Crippen molar-refractivity contribution in [2.24, 2.45) is 5.92 Å². The van der Waals surface area contributed by atoms with Crippen molar-refractivity contribution in [2.45, 2.75) is 39.9 Å². The fourth-order valence-corrected chi connectivity index (χ4v) is 3.16. The highest BCUT2D eigenvalue weighted by Gasteiger charge is 2.08. The molecule has 1 unspecified atom stereocenters. The van der Waals surface area contributed by atoms with Crippen LogP contribution in [0.15, 0.2) is 54.6 Å². The maximum Gasteiger partial charge on any atom is 0.0728 e. The van der Waals surface area contributed by atoms with Gasteiger partial charge in [0.25, 0.3) is 0 Å². The Kier molecular flexibility index (Phi) is 6.06. The van der Waals surface area contributed by atoms with E-state index in [1.54, 1.807) is 0 Å². The second-order valence-electron chi connectivity index (χ2n) is 7.13. The lowest BCUT2D eigenvalue weighted by molar-refractivity contribution is 0.0394. The van der Waals surface area contributed by atoms with Crippen LogP contribution in [0.25, 0.3) is 21.5 Å². The number of hydrogen-bond acceptors (Lipinski definition) is 2. The molecular formula is C23H28O2. The minimum Gasteiger partial charge on any atom is -0.379 e. The zero-order chi connectivity index (χ0) is 17.6. The summed E-state index contributed by atoms with van der Waals surface area (Å²) in [6.45, 7) is 8.60. The fraction of sp³-hybridized carbons (Fsp3) is 0.391. The second kappa shape index (κ2) is 8.46. The van der Waals surface area contributed by atoms with Crippen molar-refractivity contribution in [1.29, 1.82) is 0 Å². The smallest absolute Gasteiger partial charge is 0.0728 e. The standard InChI is InChI=1S/C23H28O2/c1-17(2)25-15-18(3)12-13-24-16-23-21-10-6-4-8-19(21)14-20-9-5-7-11-22(20)23/h4-11,14,17-18H,12-13,15-16H2,1-3H3. The number of ether oxygens (including phenoxy) is 2. The molecule has 3 aromatic carbocycles. The predicted octanol–water partition coefficient (Wildman–Crippen LogP) is 5.96. The highest BCUT2D eigenvalue weighted by Crippen LogP contribution is 2.29.